The highest BCUT2D eigenvalue weighted by atomic mass is 32.2. The maximum absolute atomic E-state index is 12.2. The van der Waals surface area contributed by atoms with Gasteiger partial charge in [-0.3, -0.25) is 9.48 Å². The van der Waals surface area contributed by atoms with Gasteiger partial charge in [0.05, 0.1) is 17.7 Å². The summed E-state index contributed by atoms with van der Waals surface area (Å²) >= 11 is 0. The number of nitrogens with one attached hydrogen (secondary N) is 2. The lowest BCUT2D eigenvalue weighted by molar-refractivity contribution is -0.123. The minimum atomic E-state index is -3.27. The van der Waals surface area contributed by atoms with Crippen LogP contribution in [-0.4, -0.2) is 43.5 Å². The molecule has 7 nitrogen and oxygen atoms in total. The summed E-state index contributed by atoms with van der Waals surface area (Å²) in [6.07, 6.45) is 3.35. The van der Waals surface area contributed by atoms with Crippen LogP contribution in [0.4, 0.5) is 0 Å². The number of benzene rings is 1. The van der Waals surface area contributed by atoms with Gasteiger partial charge in [-0.2, -0.15) is 5.10 Å². The molecule has 0 fully saturated rings. The van der Waals surface area contributed by atoms with Crippen LogP contribution in [0, 0.1) is 0 Å². The van der Waals surface area contributed by atoms with Gasteiger partial charge in [0.15, 0.2) is 9.84 Å². The normalized spacial score (nSPS) is 12.8. The summed E-state index contributed by atoms with van der Waals surface area (Å²) in [5.74, 6) is -0.404. The predicted octanol–water partition coefficient (Wildman–Crippen LogP) is 0.412. The SMILES string of the molecule is CNC(C(=O)NCCS(=O)(=O)Cc1ccccc1)c1cnn(C)c1. The molecule has 0 aliphatic heterocycles. The number of nitrogens with zero attached hydrogens (tertiary/aromatic N) is 2. The number of carbonyl (C=O) groups is 1. The number of aryl methyl sites for hydroxylation is 1. The average molecular weight is 350 g/mol. The summed E-state index contributed by atoms with van der Waals surface area (Å²) in [5.41, 5.74) is 1.47. The lowest BCUT2D eigenvalue weighted by atomic mass is 10.1. The topological polar surface area (TPSA) is 93.1 Å². The number of carbonyl (C=O) groups excluding carboxylic acids is 1. The van der Waals surface area contributed by atoms with Gasteiger partial charge in [0, 0.05) is 25.4 Å². The Morgan fingerprint density at radius 3 is 2.58 bits per heavy atom. The Morgan fingerprint density at radius 2 is 2.00 bits per heavy atom. The first-order valence-corrected chi connectivity index (χ1v) is 9.41. The quantitative estimate of drug-likeness (QED) is 0.719. The number of sulfone groups is 1. The fraction of sp³-hybridized carbons (Fsp3) is 0.375. The van der Waals surface area contributed by atoms with Crippen molar-refractivity contribution in [3.05, 3.63) is 53.9 Å². The summed E-state index contributed by atoms with van der Waals surface area (Å²) < 4.78 is 25.8. The fourth-order valence-electron chi connectivity index (χ4n) is 2.37. The highest BCUT2D eigenvalue weighted by Crippen LogP contribution is 2.11. The van der Waals surface area contributed by atoms with E-state index in [0.29, 0.717) is 0 Å². The molecule has 0 radical (unpaired) electrons. The molecule has 8 heteroatoms. The molecule has 0 spiro atoms. The number of amides is 1. The van der Waals surface area contributed by atoms with Crippen LogP contribution < -0.4 is 10.6 Å². The molecule has 0 saturated heterocycles. The zero-order valence-electron chi connectivity index (χ0n) is 13.8. The standard InChI is InChI=1S/C16H22N4O3S/c1-17-15(14-10-19-20(2)11-14)16(21)18-8-9-24(22,23)12-13-6-4-3-5-7-13/h3-7,10-11,15,17H,8-9,12H2,1-2H3,(H,18,21). The average Bonchev–Trinajstić information content (AvgIpc) is 2.94. The van der Waals surface area contributed by atoms with Gasteiger partial charge in [0.25, 0.3) is 0 Å². The molecule has 130 valence electrons. The molecule has 2 N–H and O–H groups in total. The maximum atomic E-state index is 12.2. The molecular formula is C16H22N4O3S. The Labute approximate surface area is 142 Å². The molecule has 1 heterocycles. The molecule has 1 aromatic heterocycles. The third-order valence-corrected chi connectivity index (χ3v) is 5.15. The Kier molecular flexibility index (Phi) is 6.10. The minimum Gasteiger partial charge on any atom is -0.353 e. The van der Waals surface area contributed by atoms with Crippen molar-refractivity contribution >= 4 is 15.7 Å². The van der Waals surface area contributed by atoms with Crippen molar-refractivity contribution in [3.8, 4) is 0 Å². The van der Waals surface area contributed by atoms with Gasteiger partial charge in [-0.05, 0) is 12.6 Å². The van der Waals surface area contributed by atoms with Crippen LogP contribution in [0.1, 0.15) is 17.2 Å². The summed E-state index contributed by atoms with van der Waals surface area (Å²) in [6, 6.07) is 8.43. The van der Waals surface area contributed by atoms with E-state index in [4.69, 9.17) is 0 Å². The predicted molar refractivity (Wildman–Crippen MR) is 92.0 cm³/mol. The third-order valence-electron chi connectivity index (χ3n) is 3.55. The molecule has 0 saturated carbocycles. The Balaban J connectivity index is 1.87. The molecule has 1 amide bonds. The maximum Gasteiger partial charge on any atom is 0.241 e. The Hall–Kier alpha value is -2.19. The van der Waals surface area contributed by atoms with Crippen molar-refractivity contribution in [2.75, 3.05) is 19.3 Å². The number of hydrogen-bond acceptors (Lipinski definition) is 5. The van der Waals surface area contributed by atoms with Crippen molar-refractivity contribution in [2.24, 2.45) is 7.05 Å². The van der Waals surface area contributed by atoms with Crippen LogP contribution in [0.25, 0.3) is 0 Å². The van der Waals surface area contributed by atoms with Crippen LogP contribution >= 0.6 is 0 Å². The molecule has 1 atom stereocenters. The van der Waals surface area contributed by atoms with Crippen LogP contribution in [0.15, 0.2) is 42.7 Å². The van der Waals surface area contributed by atoms with E-state index in [1.165, 1.54) is 0 Å². The minimum absolute atomic E-state index is 0.0260. The zero-order chi connectivity index (χ0) is 17.6. The Bertz CT molecular complexity index is 772. The van der Waals surface area contributed by atoms with Crippen molar-refractivity contribution in [1.82, 2.24) is 20.4 Å². The van der Waals surface area contributed by atoms with E-state index in [0.717, 1.165) is 11.1 Å². The molecule has 0 aliphatic rings. The van der Waals surface area contributed by atoms with Crippen molar-refractivity contribution in [1.29, 1.82) is 0 Å². The smallest absolute Gasteiger partial charge is 0.241 e. The largest absolute Gasteiger partial charge is 0.353 e. The van der Waals surface area contributed by atoms with Crippen LogP contribution in [0.5, 0.6) is 0 Å². The molecule has 24 heavy (non-hydrogen) atoms. The second-order valence-electron chi connectivity index (χ2n) is 5.54. The molecule has 2 aromatic rings. The lowest BCUT2D eigenvalue weighted by Gasteiger charge is -2.14. The summed E-state index contributed by atoms with van der Waals surface area (Å²) in [6.45, 7) is 0.0758. The van der Waals surface area contributed by atoms with Crippen LogP contribution in [-0.2, 0) is 27.4 Å². The van der Waals surface area contributed by atoms with E-state index < -0.39 is 15.9 Å². The summed E-state index contributed by atoms with van der Waals surface area (Å²) in [7, 11) is 0.163. The fourth-order valence-corrected chi connectivity index (χ4v) is 3.63. The second kappa shape index (κ2) is 8.07. The van der Waals surface area contributed by atoms with Crippen molar-refractivity contribution in [3.63, 3.8) is 0 Å². The van der Waals surface area contributed by atoms with Gasteiger partial charge >= 0.3 is 0 Å². The molecule has 2 rings (SSSR count). The molecular weight excluding hydrogens is 328 g/mol. The van der Waals surface area contributed by atoms with Crippen molar-refractivity contribution < 1.29 is 13.2 Å². The second-order valence-corrected chi connectivity index (χ2v) is 7.72. The van der Waals surface area contributed by atoms with Gasteiger partial charge in [-0.1, -0.05) is 30.3 Å². The van der Waals surface area contributed by atoms with E-state index in [1.807, 2.05) is 6.07 Å². The lowest BCUT2D eigenvalue weighted by Crippen LogP contribution is -2.38. The van der Waals surface area contributed by atoms with E-state index in [1.54, 1.807) is 55.4 Å². The summed E-state index contributed by atoms with van der Waals surface area (Å²) in [5, 5.41) is 9.60. The number of hydrogen-bond donors (Lipinski definition) is 2. The van der Waals surface area contributed by atoms with Gasteiger partial charge in [0.2, 0.25) is 5.91 Å². The third kappa shape index (κ3) is 5.17. The number of rotatable bonds is 8. The van der Waals surface area contributed by atoms with Crippen molar-refractivity contribution in [2.45, 2.75) is 11.8 Å². The number of aromatic nitrogens is 2. The Morgan fingerprint density at radius 1 is 1.29 bits per heavy atom. The van der Waals surface area contributed by atoms with E-state index in [-0.39, 0.29) is 24.0 Å². The first kappa shape index (κ1) is 18.2. The number of likely N-dealkylation sites (N-methyl/N-ethyl adjacent to an activating group) is 1. The first-order chi connectivity index (χ1) is 11.4. The van der Waals surface area contributed by atoms with E-state index in [9.17, 15) is 13.2 Å². The summed E-state index contributed by atoms with van der Waals surface area (Å²) in [4.78, 5) is 12.2. The monoisotopic (exact) mass is 350 g/mol. The highest BCUT2D eigenvalue weighted by Gasteiger charge is 2.20. The zero-order valence-corrected chi connectivity index (χ0v) is 14.6. The van der Waals surface area contributed by atoms with Gasteiger partial charge in [-0.25, -0.2) is 8.42 Å². The van der Waals surface area contributed by atoms with Crippen LogP contribution in [0.3, 0.4) is 0 Å². The van der Waals surface area contributed by atoms with Crippen LogP contribution in [0.2, 0.25) is 0 Å². The molecule has 1 aromatic carbocycles. The molecule has 1 unspecified atom stereocenters. The molecule has 0 aliphatic carbocycles. The molecule has 0 bridgehead atoms. The highest BCUT2D eigenvalue weighted by molar-refractivity contribution is 7.90. The van der Waals surface area contributed by atoms with E-state index in [2.05, 4.69) is 15.7 Å². The van der Waals surface area contributed by atoms with Gasteiger partial charge in [-0.15, -0.1) is 0 Å². The first-order valence-electron chi connectivity index (χ1n) is 7.59. The van der Waals surface area contributed by atoms with Gasteiger partial charge in [0.1, 0.15) is 6.04 Å². The van der Waals surface area contributed by atoms with E-state index >= 15 is 0 Å². The van der Waals surface area contributed by atoms with Gasteiger partial charge < -0.3 is 10.6 Å².